The van der Waals surface area contributed by atoms with Crippen LogP contribution in [-0.4, -0.2) is 0 Å². The van der Waals surface area contributed by atoms with Gasteiger partial charge in [-0.15, -0.1) is 0 Å². The zero-order chi connectivity index (χ0) is 12.4. The summed E-state index contributed by atoms with van der Waals surface area (Å²) in [5.41, 5.74) is 2.54. The molecule has 1 heteroatoms. The first-order chi connectivity index (χ1) is 7.74. The molecular formula is C15H25Cl. The molecule has 0 saturated heterocycles. The molecule has 0 fully saturated rings. The highest BCUT2D eigenvalue weighted by molar-refractivity contribution is 6.31. The van der Waals surface area contributed by atoms with Gasteiger partial charge in [0.1, 0.15) is 0 Å². The minimum Gasteiger partial charge on any atom is -0.0840 e. The summed E-state index contributed by atoms with van der Waals surface area (Å²) in [7, 11) is 0. The van der Waals surface area contributed by atoms with E-state index in [1.807, 2.05) is 13.8 Å². The van der Waals surface area contributed by atoms with Crippen molar-refractivity contribution in [2.24, 2.45) is 0 Å². The molecule has 0 radical (unpaired) electrons. The fraction of sp³-hybridized carbons (Fsp3) is 0.600. The molecule has 16 heavy (non-hydrogen) atoms. The Morgan fingerprint density at radius 2 is 1.75 bits per heavy atom. The van der Waals surface area contributed by atoms with E-state index < -0.39 is 0 Å². The van der Waals surface area contributed by atoms with Crippen molar-refractivity contribution < 1.29 is 0 Å². The molecule has 0 unspecified atom stereocenters. The minimum atomic E-state index is 0.932. The van der Waals surface area contributed by atoms with Gasteiger partial charge in [-0.3, -0.25) is 0 Å². The van der Waals surface area contributed by atoms with Gasteiger partial charge in [-0.05, 0) is 37.0 Å². The van der Waals surface area contributed by atoms with Crippen LogP contribution in [0.1, 0.15) is 57.6 Å². The fourth-order valence-electron chi connectivity index (χ4n) is 1.60. The Balaban J connectivity index is 0.00000106. The molecule has 0 nitrogen and oxygen atoms in total. The van der Waals surface area contributed by atoms with Crippen LogP contribution in [0.15, 0.2) is 18.2 Å². The van der Waals surface area contributed by atoms with E-state index in [4.69, 9.17) is 11.6 Å². The zero-order valence-corrected chi connectivity index (χ0v) is 11.9. The van der Waals surface area contributed by atoms with Gasteiger partial charge >= 0.3 is 0 Å². The van der Waals surface area contributed by atoms with Gasteiger partial charge in [-0.1, -0.05) is 63.8 Å². The summed E-state index contributed by atoms with van der Waals surface area (Å²) in [5.74, 6) is 0. The smallest absolute Gasteiger partial charge is 0.0440 e. The third-order valence-electron chi connectivity index (χ3n) is 2.51. The van der Waals surface area contributed by atoms with Crippen molar-refractivity contribution in [1.82, 2.24) is 0 Å². The third-order valence-corrected chi connectivity index (χ3v) is 2.86. The Kier molecular flexibility index (Phi) is 9.42. The Bertz CT molecular complexity index is 279. The van der Waals surface area contributed by atoms with Crippen LogP contribution in [0.4, 0.5) is 0 Å². The van der Waals surface area contributed by atoms with E-state index in [1.54, 1.807) is 0 Å². The van der Waals surface area contributed by atoms with Gasteiger partial charge in [0.2, 0.25) is 0 Å². The van der Waals surface area contributed by atoms with Crippen LogP contribution in [-0.2, 0) is 6.42 Å². The zero-order valence-electron chi connectivity index (χ0n) is 11.1. The average Bonchev–Trinajstić information content (AvgIpc) is 2.29. The van der Waals surface area contributed by atoms with Crippen LogP contribution in [0.5, 0.6) is 0 Å². The van der Waals surface area contributed by atoms with E-state index >= 15 is 0 Å². The molecule has 0 aliphatic rings. The number of hydrogen-bond acceptors (Lipinski definition) is 0. The maximum atomic E-state index is 6.14. The van der Waals surface area contributed by atoms with Gasteiger partial charge in [0, 0.05) is 5.02 Å². The molecule has 0 N–H and O–H groups in total. The van der Waals surface area contributed by atoms with E-state index in [0.29, 0.717) is 0 Å². The van der Waals surface area contributed by atoms with Gasteiger partial charge < -0.3 is 0 Å². The summed E-state index contributed by atoms with van der Waals surface area (Å²) >= 11 is 6.14. The summed E-state index contributed by atoms with van der Waals surface area (Å²) in [5, 5.41) is 0.932. The number of hydrogen-bond donors (Lipinski definition) is 0. The van der Waals surface area contributed by atoms with E-state index in [9.17, 15) is 0 Å². The molecule has 0 aromatic heterocycles. The van der Waals surface area contributed by atoms with Crippen molar-refractivity contribution >= 4 is 11.6 Å². The number of benzene rings is 1. The summed E-state index contributed by atoms with van der Waals surface area (Å²) in [6.07, 6.45) is 6.33. The standard InChI is InChI=1S/C13H19Cl.C2H6/c1-3-4-5-6-7-12-9-8-11(2)10-13(12)14;1-2/h8-10H,3-7H2,1-2H3;1-2H3. The largest absolute Gasteiger partial charge is 0.0840 e. The number of rotatable bonds is 5. The van der Waals surface area contributed by atoms with E-state index in [0.717, 1.165) is 11.4 Å². The Morgan fingerprint density at radius 1 is 1.06 bits per heavy atom. The predicted molar refractivity (Wildman–Crippen MR) is 75.4 cm³/mol. The van der Waals surface area contributed by atoms with Gasteiger partial charge in [0.25, 0.3) is 0 Å². The van der Waals surface area contributed by atoms with Crippen molar-refractivity contribution in [3.8, 4) is 0 Å². The molecule has 1 aromatic rings. The number of halogens is 1. The molecule has 0 saturated carbocycles. The number of unbranched alkanes of at least 4 members (excludes halogenated alkanes) is 3. The van der Waals surface area contributed by atoms with Crippen LogP contribution in [0.3, 0.4) is 0 Å². The highest BCUT2D eigenvalue weighted by Gasteiger charge is 1.99. The molecule has 1 aromatic carbocycles. The summed E-state index contributed by atoms with van der Waals surface area (Å²) in [4.78, 5) is 0. The SMILES string of the molecule is CC.CCCCCCc1ccc(C)cc1Cl. The molecule has 0 atom stereocenters. The molecule has 0 heterocycles. The van der Waals surface area contributed by atoms with Crippen molar-refractivity contribution in [2.75, 3.05) is 0 Å². The maximum absolute atomic E-state index is 6.14. The first-order valence-electron chi connectivity index (χ1n) is 6.49. The monoisotopic (exact) mass is 240 g/mol. The second kappa shape index (κ2) is 9.72. The summed E-state index contributed by atoms with van der Waals surface area (Å²) < 4.78 is 0. The van der Waals surface area contributed by atoms with Crippen molar-refractivity contribution in [3.05, 3.63) is 34.3 Å². The molecule has 92 valence electrons. The Labute approximate surface area is 106 Å². The third kappa shape index (κ3) is 6.17. The van der Waals surface area contributed by atoms with E-state index in [2.05, 4.69) is 32.0 Å². The highest BCUT2D eigenvalue weighted by atomic mass is 35.5. The lowest BCUT2D eigenvalue weighted by molar-refractivity contribution is 0.667. The maximum Gasteiger partial charge on any atom is 0.0440 e. The van der Waals surface area contributed by atoms with Gasteiger partial charge in [-0.2, -0.15) is 0 Å². The van der Waals surface area contributed by atoms with Crippen LogP contribution in [0.25, 0.3) is 0 Å². The Hall–Kier alpha value is -0.490. The van der Waals surface area contributed by atoms with Gasteiger partial charge in [0.15, 0.2) is 0 Å². The normalized spacial score (nSPS) is 9.56. The fourth-order valence-corrected chi connectivity index (χ4v) is 1.93. The molecule has 0 aliphatic heterocycles. The molecule has 0 aliphatic carbocycles. The van der Waals surface area contributed by atoms with Gasteiger partial charge in [-0.25, -0.2) is 0 Å². The predicted octanol–water partition coefficient (Wildman–Crippen LogP) is 5.80. The van der Waals surface area contributed by atoms with Crippen LogP contribution >= 0.6 is 11.6 Å². The van der Waals surface area contributed by atoms with E-state index in [1.165, 1.54) is 36.8 Å². The first kappa shape index (κ1) is 15.5. The van der Waals surface area contributed by atoms with Crippen LogP contribution in [0.2, 0.25) is 5.02 Å². The van der Waals surface area contributed by atoms with Crippen molar-refractivity contribution in [2.45, 2.75) is 59.8 Å². The summed E-state index contributed by atoms with van der Waals surface area (Å²) in [6.45, 7) is 8.31. The lowest BCUT2D eigenvalue weighted by Crippen LogP contribution is -1.88. The average molecular weight is 241 g/mol. The molecule has 0 bridgehead atoms. The van der Waals surface area contributed by atoms with Crippen molar-refractivity contribution in [1.29, 1.82) is 0 Å². The highest BCUT2D eigenvalue weighted by Crippen LogP contribution is 2.19. The van der Waals surface area contributed by atoms with Gasteiger partial charge in [0.05, 0.1) is 0 Å². The van der Waals surface area contributed by atoms with Crippen LogP contribution in [0, 0.1) is 6.92 Å². The lowest BCUT2D eigenvalue weighted by atomic mass is 10.0. The minimum absolute atomic E-state index is 0.932. The second-order valence-corrected chi connectivity index (χ2v) is 4.31. The number of aryl methyl sites for hydroxylation is 2. The second-order valence-electron chi connectivity index (χ2n) is 3.91. The topological polar surface area (TPSA) is 0 Å². The molecular weight excluding hydrogens is 216 g/mol. The quantitative estimate of drug-likeness (QED) is 0.571. The molecule has 0 amide bonds. The van der Waals surface area contributed by atoms with Crippen LogP contribution < -0.4 is 0 Å². The lowest BCUT2D eigenvalue weighted by Gasteiger charge is -2.04. The van der Waals surface area contributed by atoms with Crippen molar-refractivity contribution in [3.63, 3.8) is 0 Å². The molecule has 1 rings (SSSR count). The first-order valence-corrected chi connectivity index (χ1v) is 6.87. The molecule has 0 spiro atoms. The Morgan fingerprint density at radius 3 is 2.31 bits per heavy atom. The van der Waals surface area contributed by atoms with E-state index in [-0.39, 0.29) is 0 Å². The summed E-state index contributed by atoms with van der Waals surface area (Å²) in [6, 6.07) is 6.35.